The van der Waals surface area contributed by atoms with Crippen molar-refractivity contribution in [3.8, 4) is 0 Å². The third-order valence-electron chi connectivity index (χ3n) is 4.96. The predicted molar refractivity (Wildman–Crippen MR) is 102 cm³/mol. The van der Waals surface area contributed by atoms with Crippen molar-refractivity contribution >= 4 is 5.69 Å². The molecule has 1 aromatic carbocycles. The number of hydrogen-bond donors (Lipinski definition) is 0. The Morgan fingerprint density at radius 2 is 1.85 bits per heavy atom. The number of piperazine rings is 1. The summed E-state index contributed by atoms with van der Waals surface area (Å²) in [7, 11) is 2.12. The van der Waals surface area contributed by atoms with E-state index in [1.807, 2.05) is 12.1 Å². The average Bonchev–Trinajstić information content (AvgIpc) is 3.10. The van der Waals surface area contributed by atoms with E-state index in [4.69, 9.17) is 4.52 Å². The molecule has 5 nitrogen and oxygen atoms in total. The minimum Gasteiger partial charge on any atom is -0.369 e. The molecule has 1 saturated heterocycles. The van der Waals surface area contributed by atoms with Crippen LogP contribution >= 0.6 is 0 Å². The predicted octanol–water partition coefficient (Wildman–Crippen LogP) is 3.19. The Morgan fingerprint density at radius 3 is 2.46 bits per heavy atom. The number of hydrogen-bond acceptors (Lipinski definition) is 5. The van der Waals surface area contributed by atoms with Gasteiger partial charge in [0.2, 0.25) is 0 Å². The molecule has 2 heterocycles. The van der Waals surface area contributed by atoms with E-state index in [0.29, 0.717) is 5.92 Å². The topological polar surface area (TPSA) is 35.8 Å². The van der Waals surface area contributed by atoms with Gasteiger partial charge in [-0.2, -0.15) is 0 Å². The number of benzene rings is 1. The van der Waals surface area contributed by atoms with Crippen LogP contribution in [0.5, 0.6) is 0 Å². The molecule has 142 valence electrons. The summed E-state index contributed by atoms with van der Waals surface area (Å²) < 4.78 is 18.5. The fourth-order valence-corrected chi connectivity index (χ4v) is 3.21. The van der Waals surface area contributed by atoms with Gasteiger partial charge in [-0.05, 0) is 37.2 Å². The summed E-state index contributed by atoms with van der Waals surface area (Å²) in [4.78, 5) is 7.08. The zero-order chi connectivity index (χ0) is 18.5. The van der Waals surface area contributed by atoms with Crippen LogP contribution in [0.1, 0.15) is 31.2 Å². The lowest BCUT2D eigenvalue weighted by atomic mass is 10.1. The number of nitrogens with zero attached hydrogens (tertiary/aromatic N) is 4. The van der Waals surface area contributed by atoms with Gasteiger partial charge in [-0.1, -0.05) is 19.0 Å². The van der Waals surface area contributed by atoms with Gasteiger partial charge in [-0.15, -0.1) is 0 Å². The number of likely N-dealkylation sites (N-methyl/N-ethyl adjacent to an activating group) is 1. The highest BCUT2D eigenvalue weighted by atomic mass is 19.1. The Bertz CT molecular complexity index is 677. The van der Waals surface area contributed by atoms with Crippen LogP contribution in [-0.2, 0) is 6.54 Å². The Labute approximate surface area is 155 Å². The second-order valence-electron chi connectivity index (χ2n) is 7.42. The Balaban J connectivity index is 1.39. The van der Waals surface area contributed by atoms with Crippen LogP contribution in [-0.4, -0.2) is 61.3 Å². The van der Waals surface area contributed by atoms with Crippen molar-refractivity contribution in [2.24, 2.45) is 0 Å². The molecule has 0 unspecified atom stereocenters. The third-order valence-corrected chi connectivity index (χ3v) is 4.96. The van der Waals surface area contributed by atoms with E-state index in [2.05, 4.69) is 46.8 Å². The van der Waals surface area contributed by atoms with E-state index < -0.39 is 0 Å². The van der Waals surface area contributed by atoms with Crippen LogP contribution in [0.15, 0.2) is 34.9 Å². The first-order chi connectivity index (χ1) is 12.5. The number of rotatable bonds is 7. The molecule has 0 amide bonds. The third kappa shape index (κ3) is 5.05. The second-order valence-corrected chi connectivity index (χ2v) is 7.42. The first-order valence-electron chi connectivity index (χ1n) is 9.38. The van der Waals surface area contributed by atoms with Crippen LogP contribution in [0.4, 0.5) is 10.1 Å². The Kier molecular flexibility index (Phi) is 6.27. The maximum atomic E-state index is 13.0. The van der Waals surface area contributed by atoms with E-state index in [0.717, 1.165) is 63.0 Å². The molecule has 0 bridgehead atoms. The Morgan fingerprint density at radius 1 is 1.15 bits per heavy atom. The molecule has 0 aliphatic carbocycles. The van der Waals surface area contributed by atoms with E-state index in [9.17, 15) is 4.39 Å². The van der Waals surface area contributed by atoms with Gasteiger partial charge in [0, 0.05) is 51.0 Å². The molecule has 1 aromatic heterocycles. The van der Waals surface area contributed by atoms with Crippen LogP contribution in [0.2, 0.25) is 0 Å². The highest BCUT2D eigenvalue weighted by molar-refractivity contribution is 5.46. The zero-order valence-corrected chi connectivity index (χ0v) is 16.0. The molecule has 0 N–H and O–H groups in total. The lowest BCUT2D eigenvalue weighted by Crippen LogP contribution is -2.48. The molecule has 0 atom stereocenters. The van der Waals surface area contributed by atoms with Gasteiger partial charge in [0.15, 0.2) is 5.76 Å². The van der Waals surface area contributed by atoms with E-state index in [1.165, 1.54) is 12.1 Å². The quantitative estimate of drug-likeness (QED) is 0.758. The van der Waals surface area contributed by atoms with Crippen molar-refractivity contribution in [3.05, 3.63) is 47.6 Å². The fourth-order valence-electron chi connectivity index (χ4n) is 3.21. The summed E-state index contributed by atoms with van der Waals surface area (Å²) in [5.41, 5.74) is 2.12. The van der Waals surface area contributed by atoms with Crippen molar-refractivity contribution in [2.75, 3.05) is 51.2 Å². The molecule has 3 rings (SSSR count). The molecular weight excluding hydrogens is 331 g/mol. The van der Waals surface area contributed by atoms with Crippen molar-refractivity contribution in [1.29, 1.82) is 0 Å². The van der Waals surface area contributed by atoms with Crippen LogP contribution < -0.4 is 4.90 Å². The first kappa shape index (κ1) is 18.9. The highest BCUT2D eigenvalue weighted by Gasteiger charge is 2.18. The molecule has 0 radical (unpaired) electrons. The lowest BCUT2D eigenvalue weighted by molar-refractivity contribution is 0.201. The monoisotopic (exact) mass is 360 g/mol. The van der Waals surface area contributed by atoms with Gasteiger partial charge in [0.1, 0.15) is 5.82 Å². The van der Waals surface area contributed by atoms with Gasteiger partial charge in [-0.3, -0.25) is 9.80 Å². The van der Waals surface area contributed by atoms with Gasteiger partial charge < -0.3 is 9.42 Å². The summed E-state index contributed by atoms with van der Waals surface area (Å²) in [6, 6.07) is 8.85. The Hall–Kier alpha value is -1.92. The highest BCUT2D eigenvalue weighted by Crippen LogP contribution is 2.17. The largest absolute Gasteiger partial charge is 0.369 e. The van der Waals surface area contributed by atoms with Crippen molar-refractivity contribution in [2.45, 2.75) is 26.3 Å². The lowest BCUT2D eigenvalue weighted by Gasteiger charge is -2.36. The summed E-state index contributed by atoms with van der Waals surface area (Å²) in [5, 5.41) is 4.12. The smallest absolute Gasteiger partial charge is 0.150 e. The summed E-state index contributed by atoms with van der Waals surface area (Å²) in [6.07, 6.45) is 0. The van der Waals surface area contributed by atoms with Crippen LogP contribution in [0, 0.1) is 5.82 Å². The van der Waals surface area contributed by atoms with Gasteiger partial charge >= 0.3 is 0 Å². The maximum Gasteiger partial charge on any atom is 0.150 e. The molecule has 0 spiro atoms. The van der Waals surface area contributed by atoms with Crippen molar-refractivity contribution in [3.63, 3.8) is 0 Å². The van der Waals surface area contributed by atoms with Gasteiger partial charge in [0.25, 0.3) is 0 Å². The second kappa shape index (κ2) is 8.64. The summed E-state index contributed by atoms with van der Waals surface area (Å²) >= 11 is 0. The van der Waals surface area contributed by atoms with Gasteiger partial charge in [-0.25, -0.2) is 4.39 Å². The summed E-state index contributed by atoms with van der Waals surface area (Å²) in [5.74, 6) is 1.15. The normalized spacial score (nSPS) is 16.0. The minimum absolute atomic E-state index is 0.178. The average molecular weight is 360 g/mol. The first-order valence-corrected chi connectivity index (χ1v) is 9.38. The maximum absolute atomic E-state index is 13.0. The van der Waals surface area contributed by atoms with E-state index in [-0.39, 0.29) is 5.82 Å². The molecule has 1 fully saturated rings. The van der Waals surface area contributed by atoms with Crippen LogP contribution in [0.3, 0.4) is 0 Å². The number of halogens is 1. The molecule has 2 aromatic rings. The SMILES string of the molecule is CC(C)c1cc(CN(C)CCN2CCN(c3ccc(F)cc3)CC2)on1. The molecule has 1 aliphatic rings. The molecule has 0 saturated carbocycles. The van der Waals surface area contributed by atoms with Crippen LogP contribution in [0.25, 0.3) is 0 Å². The zero-order valence-electron chi connectivity index (χ0n) is 16.0. The molecular formula is C20H29FN4O. The standard InChI is InChI=1S/C20H29FN4O/c1-16(2)20-14-19(26-22-20)15-23(3)8-9-24-10-12-25(13-11-24)18-6-4-17(21)5-7-18/h4-7,14,16H,8-13,15H2,1-3H3. The van der Waals surface area contributed by atoms with E-state index in [1.54, 1.807) is 0 Å². The van der Waals surface area contributed by atoms with E-state index >= 15 is 0 Å². The molecule has 1 aliphatic heterocycles. The van der Waals surface area contributed by atoms with Crippen molar-refractivity contribution < 1.29 is 8.91 Å². The number of aromatic nitrogens is 1. The summed E-state index contributed by atoms with van der Waals surface area (Å²) in [6.45, 7) is 11.1. The fraction of sp³-hybridized carbons (Fsp3) is 0.550. The molecule has 6 heteroatoms. The minimum atomic E-state index is -0.178. The number of anilines is 1. The van der Waals surface area contributed by atoms with Crippen molar-refractivity contribution in [1.82, 2.24) is 15.0 Å². The molecule has 26 heavy (non-hydrogen) atoms. The van der Waals surface area contributed by atoms with Gasteiger partial charge in [0.05, 0.1) is 12.2 Å².